The van der Waals surface area contributed by atoms with Crippen LogP contribution in [0.5, 0.6) is 0 Å². The Morgan fingerprint density at radius 1 is 0.615 bits per heavy atom. The minimum Gasteiger partial charge on any atom is -0.870 e. The van der Waals surface area contributed by atoms with Crippen LogP contribution in [0.1, 0.15) is 71.8 Å². The summed E-state index contributed by atoms with van der Waals surface area (Å²) >= 11 is 17.1. The van der Waals surface area contributed by atoms with Gasteiger partial charge in [-0.05, 0) is 70.7 Å². The fourth-order valence-corrected chi connectivity index (χ4v) is 10.9. The number of halogens is 4. The van der Waals surface area contributed by atoms with Gasteiger partial charge in [-0.25, -0.2) is 23.2 Å². The molecular weight excluding hydrogens is 1640 g/mol. The fraction of sp³-hybridized carbons (Fsp3) is 0.188. The third-order valence-corrected chi connectivity index (χ3v) is 18.7. The number of nitrogens with zero attached hydrogens (tertiary/aromatic N) is 14. The number of nitrogen functional groups attached to an aromatic ring is 1. The number of hydrogen-bond acceptors (Lipinski definition) is 30. The number of terminal acetylenes is 2. The predicted molar refractivity (Wildman–Crippen MR) is 422 cm³/mol. The van der Waals surface area contributed by atoms with E-state index in [0.717, 1.165) is 44.9 Å². The Morgan fingerprint density at radius 2 is 1.06 bits per heavy atom. The minimum absolute atomic E-state index is 0. The molecule has 0 aliphatic rings. The summed E-state index contributed by atoms with van der Waals surface area (Å²) in [5, 5.41) is 37.4. The summed E-state index contributed by atoms with van der Waals surface area (Å²) < 4.78 is 54.6. The van der Waals surface area contributed by atoms with Gasteiger partial charge in [-0.1, -0.05) is 108 Å². The van der Waals surface area contributed by atoms with E-state index in [2.05, 4.69) is 144 Å². The van der Waals surface area contributed by atoms with Crippen molar-refractivity contribution in [3.8, 4) is 67.7 Å². The molecule has 0 unspecified atom stereocenters. The van der Waals surface area contributed by atoms with Crippen LogP contribution in [0.15, 0.2) is 184 Å². The zero-order valence-electron chi connectivity index (χ0n) is 59.6. The van der Waals surface area contributed by atoms with Crippen LogP contribution in [0.25, 0.3) is 31.9 Å². The first-order valence-corrected chi connectivity index (χ1v) is 44.2. The third-order valence-electron chi connectivity index (χ3n) is 11.7. The average molecular weight is 1710 g/mol. The number of ether oxygens (including phenoxy) is 2. The molecular formula is C69H68BrClF2LiN15O12S6Si2. The number of carboxylic acid groups (broad SMARTS) is 1. The maximum Gasteiger partial charge on any atom is 1.00 e. The first kappa shape index (κ1) is 93.1. The van der Waals surface area contributed by atoms with E-state index in [1.165, 1.54) is 75.7 Å². The van der Waals surface area contributed by atoms with Gasteiger partial charge in [-0.3, -0.25) is 44.1 Å². The predicted octanol–water partition coefficient (Wildman–Crippen LogP) is 13.0. The maximum atomic E-state index is 13.2. The molecule has 0 spiro atoms. The molecule has 11 heterocycles. The number of thiazole rings is 6. The van der Waals surface area contributed by atoms with Crippen molar-refractivity contribution in [2.75, 3.05) is 18.9 Å². The summed E-state index contributed by atoms with van der Waals surface area (Å²) in [5.41, 5.74) is 25.2. The standard InChI is InChI=1S/C18H13FN4O2S.C10H10FN3.C9H8N2O3S.C8H11NSSi.C7H4N2O3S.C5H3NS.C5H10Si.C4H6ClNO3.C3H2BrNS.Li.H2O/c19-14-3-1-2-12(4-14)9-23-10-13(7-21-23)5-16(24)15-6-17(25-22-15)18-8-20-11-26-18;11-9-3-1-2-8(4-9)6-14-7-10(12)5-13-14;1-2-13-9(12)6-3-7(14-11-6)8-4-10-5-15-8;1-11(2,3)5-4-8-6-9-7-10-8;10-7(11)4-1-5(12-9-4)6-2-8-3-13-6;1-2-5-3-6-4-7-5;1-5-6(2,3)4;1-2-9-4(7)3(5)6-8;4-3-1-5-2-6-3;;/h1-4,6-8,10-11H,5,9H2;1-5,7H,6,12H2;3-5H,2H2,1H3;6-7H,1-3H3;1-3H,(H,10,11);1,3-4H;1H,2-4H3;8H,2H2,1H3;1-2H;;1H2/q;;;;;;;;;+1;/p-1/b;;;;;;;6-3-;;;. The minimum atomic E-state index is -1.20. The van der Waals surface area contributed by atoms with Crippen LogP contribution in [-0.4, -0.2) is 139 Å². The van der Waals surface area contributed by atoms with E-state index in [-0.39, 0.29) is 71.9 Å². The topological polar surface area (TPSA) is 387 Å². The molecule has 13 aromatic rings. The van der Waals surface area contributed by atoms with Crippen molar-refractivity contribution in [2.45, 2.75) is 72.6 Å². The van der Waals surface area contributed by atoms with Gasteiger partial charge in [0.15, 0.2) is 40.1 Å². The monoisotopic (exact) mass is 1710 g/mol. The number of nitrogens with two attached hydrogens (primary N) is 1. The van der Waals surface area contributed by atoms with E-state index in [0.29, 0.717) is 42.7 Å². The molecule has 0 fully saturated rings. The van der Waals surface area contributed by atoms with Crippen LogP contribution in [0.4, 0.5) is 14.5 Å². The number of esters is 2. The summed E-state index contributed by atoms with van der Waals surface area (Å²) in [5.74, 6) is 4.01. The molecule has 13 rings (SSSR count). The van der Waals surface area contributed by atoms with Crippen LogP contribution in [-0.2, 0) is 33.8 Å². The Labute approximate surface area is 676 Å². The number of oxime groups is 1. The Bertz CT molecular complexity index is 4950. The van der Waals surface area contributed by atoms with E-state index in [4.69, 9.17) is 58.8 Å². The van der Waals surface area contributed by atoms with Gasteiger partial charge in [-0.2, -0.15) is 10.2 Å². The number of aromatic nitrogens is 13. The van der Waals surface area contributed by atoms with Crippen LogP contribution in [0.3, 0.4) is 0 Å². The fourth-order valence-electron chi connectivity index (χ4n) is 6.94. The Kier molecular flexibility index (Phi) is 42.5. The second kappa shape index (κ2) is 49.8. The molecule has 0 atom stereocenters. The first-order valence-electron chi connectivity index (χ1n) is 30.8. The number of carbonyl (C=O) groups excluding carboxylic acids is 3. The van der Waals surface area contributed by atoms with Crippen molar-refractivity contribution in [2.24, 2.45) is 5.16 Å². The molecule has 5 N–H and O–H groups in total. The molecule has 11 aromatic heterocycles. The van der Waals surface area contributed by atoms with Gasteiger partial charge in [0.05, 0.1) is 124 Å². The smallest absolute Gasteiger partial charge is 0.870 e. The van der Waals surface area contributed by atoms with Crippen molar-refractivity contribution in [3.05, 3.63) is 221 Å². The van der Waals surface area contributed by atoms with Gasteiger partial charge in [-0.15, -0.1) is 92.0 Å². The molecule has 564 valence electrons. The number of rotatable bonds is 15. The zero-order valence-corrected chi connectivity index (χ0v) is 68.8. The van der Waals surface area contributed by atoms with Crippen molar-refractivity contribution >= 4 is 146 Å². The summed E-state index contributed by atoms with van der Waals surface area (Å²) in [6.45, 7) is 18.0. The van der Waals surface area contributed by atoms with Crippen LogP contribution >= 0.6 is 95.6 Å². The van der Waals surface area contributed by atoms with E-state index >= 15 is 0 Å². The van der Waals surface area contributed by atoms with Crippen molar-refractivity contribution in [1.29, 1.82) is 0 Å². The number of aromatic carboxylic acids is 1. The quantitative estimate of drug-likeness (QED) is 0.0163. The van der Waals surface area contributed by atoms with E-state index in [1.807, 2.05) is 23.8 Å². The molecule has 0 saturated carbocycles. The van der Waals surface area contributed by atoms with Gasteiger partial charge < -0.3 is 44.6 Å². The summed E-state index contributed by atoms with van der Waals surface area (Å²) in [4.78, 5) is 72.0. The number of Topliss-reactive ketones (excluding diaryl/α,β-unsaturated/α-hetero) is 1. The van der Waals surface area contributed by atoms with Crippen molar-refractivity contribution < 1.29 is 85.7 Å². The molecule has 0 amide bonds. The molecule has 0 bridgehead atoms. The summed E-state index contributed by atoms with van der Waals surface area (Å²) in [6.07, 6.45) is 27.1. The van der Waals surface area contributed by atoms with E-state index in [9.17, 15) is 28.0 Å². The van der Waals surface area contributed by atoms with E-state index in [1.54, 1.807) is 153 Å². The molecule has 27 nitrogen and oxygen atoms in total. The second-order valence-electron chi connectivity index (χ2n) is 22.4. The molecule has 2 aromatic carbocycles. The maximum absolute atomic E-state index is 13.2. The van der Waals surface area contributed by atoms with Gasteiger partial charge in [0.2, 0.25) is 0 Å². The van der Waals surface area contributed by atoms with Crippen molar-refractivity contribution in [3.63, 3.8) is 0 Å². The van der Waals surface area contributed by atoms with Crippen molar-refractivity contribution in [1.82, 2.24) is 64.9 Å². The summed E-state index contributed by atoms with van der Waals surface area (Å²) in [7, 11) is -2.30. The molecule has 40 heteroatoms. The third kappa shape index (κ3) is 37.1. The molecule has 0 aliphatic carbocycles. The first-order chi connectivity index (χ1) is 51.2. The normalized spacial score (nSPS) is 10.1. The number of hydrogen-bond donors (Lipinski definition) is 3. The number of carbonyl (C=O) groups is 4. The largest absolute Gasteiger partial charge is 1.00 e. The molecule has 0 saturated heterocycles. The van der Waals surface area contributed by atoms with Gasteiger partial charge in [0.1, 0.15) is 27.8 Å². The zero-order chi connectivity index (χ0) is 78.2. The van der Waals surface area contributed by atoms with Crippen LogP contribution < -0.4 is 24.6 Å². The molecule has 109 heavy (non-hydrogen) atoms. The van der Waals surface area contributed by atoms with Gasteiger partial charge in [0, 0.05) is 55.6 Å². The molecule has 0 aliphatic heterocycles. The van der Waals surface area contributed by atoms with Crippen LogP contribution in [0, 0.1) is 47.4 Å². The second-order valence-corrected chi connectivity index (χ2v) is 39.0. The Hall–Kier alpha value is -10.1. The average Bonchev–Trinajstić information content (AvgIpc) is 1.72. The Morgan fingerprint density at radius 3 is 1.44 bits per heavy atom. The number of benzene rings is 2. The SMILES string of the molecule is Brc1cncs1.C#C[Si](C)(C)C.C#Cc1cncs1.CCOC(=O)/C(Cl)=N/O.CCOC(=O)c1cc(-c2cncs2)on1.C[Si](C)(C)C#Cc1cncs1.Nc1cnn(Cc2cccc(F)c2)c1.O=C(Cc1cnn(Cc2cccc(F)c2)c1)c1cc(-c2cncs2)on1.O=C(O)c1cc(-c2cncs2)on1.[Li+].[OH-]. The van der Waals surface area contributed by atoms with Gasteiger partial charge >= 0.3 is 36.8 Å². The number of ketones is 1. The van der Waals surface area contributed by atoms with E-state index < -0.39 is 39.2 Å². The molecule has 0 radical (unpaired) electrons. The Balaban J connectivity index is 0.000000331. The van der Waals surface area contributed by atoms with Crippen LogP contribution in [0.2, 0.25) is 39.3 Å². The number of anilines is 1. The van der Waals surface area contributed by atoms with Gasteiger partial charge in [0.25, 0.3) is 5.17 Å². The number of carboxylic acids is 1. The summed E-state index contributed by atoms with van der Waals surface area (Å²) in [6, 6.07) is 17.3.